The number of benzene rings is 1. The van der Waals surface area contributed by atoms with Crippen LogP contribution in [0.4, 0.5) is 0 Å². The van der Waals surface area contributed by atoms with E-state index in [9.17, 15) is 9.59 Å². The van der Waals surface area contributed by atoms with Crippen LogP contribution in [0.15, 0.2) is 18.2 Å². The molecule has 1 atom stereocenters. The molecule has 0 bridgehead atoms. The molecule has 0 heterocycles. The van der Waals surface area contributed by atoms with Crippen LogP contribution >= 0.6 is 0 Å². The molecule has 1 unspecified atom stereocenters. The van der Waals surface area contributed by atoms with Crippen LogP contribution in [0.2, 0.25) is 0 Å². The standard InChI is InChI=1S/C15H21NO3/c1-10-6-11(2)8-13(7-10)14(17)16(4)9-12(3)15(18)19-5/h6-8,12H,9H2,1-5H3. The quantitative estimate of drug-likeness (QED) is 0.782. The summed E-state index contributed by atoms with van der Waals surface area (Å²) in [6.45, 7) is 6.01. The van der Waals surface area contributed by atoms with Crippen LogP contribution in [0, 0.1) is 19.8 Å². The highest BCUT2D eigenvalue weighted by Crippen LogP contribution is 2.12. The molecular formula is C15H21NO3. The number of nitrogens with zero attached hydrogens (tertiary/aromatic N) is 1. The van der Waals surface area contributed by atoms with E-state index in [1.807, 2.05) is 32.0 Å². The van der Waals surface area contributed by atoms with Gasteiger partial charge in [-0.15, -0.1) is 0 Å². The van der Waals surface area contributed by atoms with Crippen LogP contribution in [-0.2, 0) is 9.53 Å². The normalized spacial score (nSPS) is 11.8. The van der Waals surface area contributed by atoms with Gasteiger partial charge < -0.3 is 9.64 Å². The van der Waals surface area contributed by atoms with E-state index in [-0.39, 0.29) is 17.8 Å². The molecular weight excluding hydrogens is 242 g/mol. The smallest absolute Gasteiger partial charge is 0.310 e. The first-order chi connectivity index (χ1) is 8.85. The Morgan fingerprint density at radius 2 is 1.74 bits per heavy atom. The summed E-state index contributed by atoms with van der Waals surface area (Å²) in [6.07, 6.45) is 0. The van der Waals surface area contributed by atoms with Gasteiger partial charge in [0, 0.05) is 19.2 Å². The summed E-state index contributed by atoms with van der Waals surface area (Å²) in [5, 5.41) is 0. The number of esters is 1. The van der Waals surface area contributed by atoms with Crippen LogP contribution < -0.4 is 0 Å². The van der Waals surface area contributed by atoms with E-state index in [2.05, 4.69) is 4.74 Å². The van der Waals surface area contributed by atoms with Gasteiger partial charge >= 0.3 is 5.97 Å². The topological polar surface area (TPSA) is 46.6 Å². The minimum absolute atomic E-state index is 0.0810. The molecule has 0 aliphatic rings. The first-order valence-corrected chi connectivity index (χ1v) is 6.26. The maximum Gasteiger partial charge on any atom is 0.310 e. The summed E-state index contributed by atoms with van der Waals surface area (Å²) < 4.78 is 4.66. The largest absolute Gasteiger partial charge is 0.469 e. The highest BCUT2D eigenvalue weighted by molar-refractivity contribution is 5.94. The number of carbonyl (C=O) groups is 2. The van der Waals surface area contributed by atoms with E-state index in [4.69, 9.17) is 0 Å². The number of methoxy groups -OCH3 is 1. The predicted molar refractivity (Wildman–Crippen MR) is 74.1 cm³/mol. The van der Waals surface area contributed by atoms with Crippen molar-refractivity contribution in [1.29, 1.82) is 0 Å². The third-order valence-corrected chi connectivity index (χ3v) is 2.97. The first-order valence-electron chi connectivity index (χ1n) is 6.26. The second-order valence-electron chi connectivity index (χ2n) is 4.99. The number of carbonyl (C=O) groups excluding carboxylic acids is 2. The minimum Gasteiger partial charge on any atom is -0.469 e. The van der Waals surface area contributed by atoms with E-state index < -0.39 is 0 Å². The lowest BCUT2D eigenvalue weighted by Gasteiger charge is -2.20. The van der Waals surface area contributed by atoms with E-state index in [0.29, 0.717) is 12.1 Å². The molecule has 4 heteroatoms. The van der Waals surface area contributed by atoms with Crippen molar-refractivity contribution in [2.75, 3.05) is 20.7 Å². The minimum atomic E-state index is -0.329. The molecule has 1 aromatic rings. The summed E-state index contributed by atoms with van der Waals surface area (Å²) >= 11 is 0. The predicted octanol–water partition coefficient (Wildman–Crippen LogP) is 2.18. The second-order valence-corrected chi connectivity index (χ2v) is 4.99. The molecule has 0 spiro atoms. The Morgan fingerprint density at radius 3 is 2.21 bits per heavy atom. The monoisotopic (exact) mass is 263 g/mol. The van der Waals surface area contributed by atoms with E-state index in [0.717, 1.165) is 11.1 Å². The third kappa shape index (κ3) is 4.09. The molecule has 0 aromatic heterocycles. The maximum absolute atomic E-state index is 12.3. The molecule has 19 heavy (non-hydrogen) atoms. The molecule has 0 aliphatic heterocycles. The Balaban J connectivity index is 2.79. The van der Waals surface area contributed by atoms with Crippen molar-refractivity contribution in [2.45, 2.75) is 20.8 Å². The molecule has 0 aliphatic carbocycles. The molecule has 0 saturated carbocycles. The van der Waals surface area contributed by atoms with Gasteiger partial charge in [-0.1, -0.05) is 24.1 Å². The van der Waals surface area contributed by atoms with E-state index in [1.54, 1.807) is 18.9 Å². The molecule has 0 N–H and O–H groups in total. The van der Waals surface area contributed by atoms with Gasteiger partial charge in [0.15, 0.2) is 0 Å². The van der Waals surface area contributed by atoms with Crippen LogP contribution in [-0.4, -0.2) is 37.5 Å². The van der Waals surface area contributed by atoms with Crippen molar-refractivity contribution in [3.05, 3.63) is 34.9 Å². The third-order valence-electron chi connectivity index (χ3n) is 2.97. The Morgan fingerprint density at radius 1 is 1.21 bits per heavy atom. The number of aryl methyl sites for hydroxylation is 2. The first kappa shape index (κ1) is 15.2. The second kappa shape index (κ2) is 6.36. The van der Waals surface area contributed by atoms with Crippen molar-refractivity contribution in [1.82, 2.24) is 4.90 Å². The maximum atomic E-state index is 12.3. The molecule has 4 nitrogen and oxygen atoms in total. The van der Waals surface area contributed by atoms with Crippen molar-refractivity contribution in [3.8, 4) is 0 Å². The van der Waals surface area contributed by atoms with Gasteiger partial charge in [0.05, 0.1) is 13.0 Å². The average Bonchev–Trinajstić information content (AvgIpc) is 2.35. The Labute approximate surface area is 114 Å². The van der Waals surface area contributed by atoms with Crippen LogP contribution in [0.3, 0.4) is 0 Å². The number of ether oxygens (including phenoxy) is 1. The van der Waals surface area contributed by atoms with Gasteiger partial charge in [0.2, 0.25) is 0 Å². The van der Waals surface area contributed by atoms with E-state index in [1.165, 1.54) is 7.11 Å². The zero-order valence-corrected chi connectivity index (χ0v) is 12.2. The zero-order chi connectivity index (χ0) is 14.6. The number of amides is 1. The molecule has 0 fully saturated rings. The summed E-state index contributed by atoms with van der Waals surface area (Å²) in [4.78, 5) is 25.2. The molecule has 0 radical (unpaired) electrons. The lowest BCUT2D eigenvalue weighted by atomic mass is 10.1. The van der Waals surface area contributed by atoms with Gasteiger partial charge in [0.1, 0.15) is 0 Å². The average molecular weight is 263 g/mol. The molecule has 1 aromatic carbocycles. The van der Waals surface area contributed by atoms with Crippen LogP contribution in [0.25, 0.3) is 0 Å². The molecule has 104 valence electrons. The lowest BCUT2D eigenvalue weighted by molar-refractivity contribution is -0.145. The summed E-state index contributed by atoms with van der Waals surface area (Å²) in [7, 11) is 3.05. The van der Waals surface area contributed by atoms with Crippen molar-refractivity contribution in [2.24, 2.45) is 5.92 Å². The fourth-order valence-corrected chi connectivity index (χ4v) is 2.09. The SMILES string of the molecule is COC(=O)C(C)CN(C)C(=O)c1cc(C)cc(C)c1. The highest BCUT2D eigenvalue weighted by Gasteiger charge is 2.19. The van der Waals surface area contributed by atoms with Crippen LogP contribution in [0.1, 0.15) is 28.4 Å². The Bertz CT molecular complexity index is 462. The number of hydrogen-bond acceptors (Lipinski definition) is 3. The highest BCUT2D eigenvalue weighted by atomic mass is 16.5. The molecule has 0 saturated heterocycles. The van der Waals surface area contributed by atoms with E-state index >= 15 is 0 Å². The number of hydrogen-bond donors (Lipinski definition) is 0. The Kier molecular flexibility index (Phi) is 5.10. The van der Waals surface area contributed by atoms with Crippen molar-refractivity contribution >= 4 is 11.9 Å². The molecule has 1 amide bonds. The summed E-state index contributed by atoms with van der Waals surface area (Å²) in [5.74, 6) is -0.715. The molecule has 1 rings (SSSR count). The van der Waals surface area contributed by atoms with Crippen molar-refractivity contribution < 1.29 is 14.3 Å². The van der Waals surface area contributed by atoms with Gasteiger partial charge in [-0.25, -0.2) is 0 Å². The summed E-state index contributed by atoms with van der Waals surface area (Å²) in [6, 6.07) is 5.73. The summed E-state index contributed by atoms with van der Waals surface area (Å²) in [5.41, 5.74) is 2.76. The Hall–Kier alpha value is -1.84. The van der Waals surface area contributed by atoms with Gasteiger partial charge in [-0.2, -0.15) is 0 Å². The fourth-order valence-electron chi connectivity index (χ4n) is 2.09. The van der Waals surface area contributed by atoms with Gasteiger partial charge in [-0.3, -0.25) is 9.59 Å². The number of rotatable bonds is 4. The fraction of sp³-hybridized carbons (Fsp3) is 0.467. The van der Waals surface area contributed by atoms with Crippen molar-refractivity contribution in [3.63, 3.8) is 0 Å². The van der Waals surface area contributed by atoms with Gasteiger partial charge in [-0.05, 0) is 26.0 Å². The lowest BCUT2D eigenvalue weighted by Crippen LogP contribution is -2.34. The van der Waals surface area contributed by atoms with Crippen LogP contribution in [0.5, 0.6) is 0 Å². The zero-order valence-electron chi connectivity index (χ0n) is 12.2. The van der Waals surface area contributed by atoms with Gasteiger partial charge in [0.25, 0.3) is 5.91 Å².